The van der Waals surface area contributed by atoms with E-state index in [2.05, 4.69) is 6.58 Å². The number of carbonyl (C=O) groups is 3. The van der Waals surface area contributed by atoms with E-state index >= 15 is 0 Å². The van der Waals surface area contributed by atoms with Gasteiger partial charge in [-0.2, -0.15) is 0 Å². The molecule has 7 nitrogen and oxygen atoms in total. The van der Waals surface area contributed by atoms with Crippen molar-refractivity contribution in [3.8, 4) is 0 Å². The molecule has 0 amide bonds. The van der Waals surface area contributed by atoms with Crippen LogP contribution in [-0.2, 0) is 28.6 Å². The Balaban J connectivity index is 2.46. The molecule has 0 spiro atoms. The zero-order chi connectivity index (χ0) is 21.2. The van der Waals surface area contributed by atoms with Crippen LogP contribution >= 0.6 is 0 Å². The standard InChI is InChI=1S/C21H30O7/c1-7-11(2)19(23)28-16-10-21(5,25)17(22)9-14(26-6)12(3)8-15-18(16)13(4)20(24)27-15/h7,12,14-16,18,25H,4,8-10H2,1-3,5-6H3. The van der Waals surface area contributed by atoms with Crippen LogP contribution in [0.3, 0.4) is 0 Å². The summed E-state index contributed by atoms with van der Waals surface area (Å²) >= 11 is 0. The van der Waals surface area contributed by atoms with Gasteiger partial charge < -0.3 is 19.3 Å². The number of allylic oxidation sites excluding steroid dienone is 1. The number of methoxy groups -OCH3 is 1. The Morgan fingerprint density at radius 2 is 2.00 bits per heavy atom. The zero-order valence-corrected chi connectivity index (χ0v) is 17.2. The summed E-state index contributed by atoms with van der Waals surface area (Å²) in [7, 11) is 1.51. The summed E-state index contributed by atoms with van der Waals surface area (Å²) in [5.41, 5.74) is -1.17. The number of aliphatic hydroxyl groups is 1. The summed E-state index contributed by atoms with van der Waals surface area (Å²) in [6, 6.07) is 0. The first-order valence-corrected chi connectivity index (χ1v) is 9.54. The second-order valence-electron chi connectivity index (χ2n) is 8.00. The van der Waals surface area contributed by atoms with E-state index in [0.717, 1.165) is 0 Å². The minimum absolute atomic E-state index is 0.0193. The largest absolute Gasteiger partial charge is 0.458 e. The highest BCUT2D eigenvalue weighted by molar-refractivity contribution is 5.92. The highest BCUT2D eigenvalue weighted by atomic mass is 16.6. The third kappa shape index (κ3) is 4.52. The van der Waals surface area contributed by atoms with Crippen LogP contribution in [0.2, 0.25) is 0 Å². The number of rotatable bonds is 3. The summed E-state index contributed by atoms with van der Waals surface area (Å²) in [5.74, 6) is -2.28. The number of ketones is 1. The van der Waals surface area contributed by atoms with Gasteiger partial charge in [0.25, 0.3) is 0 Å². The number of hydrogen-bond donors (Lipinski definition) is 1. The Bertz CT molecular complexity index is 691. The molecule has 0 aromatic carbocycles. The summed E-state index contributed by atoms with van der Waals surface area (Å²) in [5, 5.41) is 10.8. The van der Waals surface area contributed by atoms with Gasteiger partial charge >= 0.3 is 11.9 Å². The van der Waals surface area contributed by atoms with Crippen LogP contribution in [0.1, 0.15) is 47.0 Å². The van der Waals surface area contributed by atoms with Crippen molar-refractivity contribution in [2.45, 2.75) is 70.9 Å². The molecule has 2 rings (SSSR count). The first-order chi connectivity index (χ1) is 13.0. The zero-order valence-electron chi connectivity index (χ0n) is 17.2. The molecular formula is C21H30O7. The van der Waals surface area contributed by atoms with Crippen molar-refractivity contribution in [1.29, 1.82) is 0 Å². The molecule has 2 fully saturated rings. The molecule has 6 atom stereocenters. The van der Waals surface area contributed by atoms with Gasteiger partial charge in [-0.05, 0) is 33.1 Å². The number of hydrogen-bond acceptors (Lipinski definition) is 7. The fourth-order valence-corrected chi connectivity index (χ4v) is 3.84. The Morgan fingerprint density at radius 1 is 1.36 bits per heavy atom. The molecule has 0 aromatic heterocycles. The summed E-state index contributed by atoms with van der Waals surface area (Å²) in [6.45, 7) is 10.4. The maximum Gasteiger partial charge on any atom is 0.334 e. The lowest BCUT2D eigenvalue weighted by atomic mass is 9.76. The molecule has 6 unspecified atom stereocenters. The highest BCUT2D eigenvalue weighted by Crippen LogP contribution is 2.40. The Morgan fingerprint density at radius 3 is 2.57 bits per heavy atom. The second-order valence-corrected chi connectivity index (χ2v) is 8.00. The van der Waals surface area contributed by atoms with Gasteiger partial charge in [-0.1, -0.05) is 19.6 Å². The fourth-order valence-electron chi connectivity index (χ4n) is 3.84. The van der Waals surface area contributed by atoms with Gasteiger partial charge in [-0.3, -0.25) is 4.79 Å². The predicted molar refractivity (Wildman–Crippen MR) is 101 cm³/mol. The van der Waals surface area contributed by atoms with E-state index in [0.29, 0.717) is 12.0 Å². The molecule has 1 aliphatic carbocycles. The molecule has 1 saturated carbocycles. The lowest BCUT2D eigenvalue weighted by Gasteiger charge is -2.36. The van der Waals surface area contributed by atoms with Crippen molar-refractivity contribution in [2.75, 3.05) is 7.11 Å². The van der Waals surface area contributed by atoms with Crippen LogP contribution in [0.15, 0.2) is 23.8 Å². The van der Waals surface area contributed by atoms with E-state index in [1.165, 1.54) is 14.0 Å². The van der Waals surface area contributed by atoms with E-state index in [4.69, 9.17) is 14.2 Å². The maximum absolute atomic E-state index is 12.7. The minimum atomic E-state index is -1.75. The second kappa shape index (κ2) is 8.57. The first-order valence-electron chi connectivity index (χ1n) is 9.54. The molecule has 28 heavy (non-hydrogen) atoms. The fraction of sp³-hybridized carbons (Fsp3) is 0.667. The van der Waals surface area contributed by atoms with Crippen LogP contribution in [0.5, 0.6) is 0 Å². The molecule has 2 aliphatic rings. The lowest BCUT2D eigenvalue weighted by Crippen LogP contribution is -2.47. The lowest BCUT2D eigenvalue weighted by molar-refractivity contribution is -0.159. The molecule has 0 aromatic rings. The van der Waals surface area contributed by atoms with Crippen molar-refractivity contribution >= 4 is 17.7 Å². The molecular weight excluding hydrogens is 364 g/mol. The van der Waals surface area contributed by atoms with Gasteiger partial charge in [0.05, 0.1) is 12.0 Å². The van der Waals surface area contributed by atoms with E-state index in [9.17, 15) is 19.5 Å². The van der Waals surface area contributed by atoms with Crippen LogP contribution < -0.4 is 0 Å². The Kier molecular flexibility index (Phi) is 6.83. The normalized spacial score (nSPS) is 37.3. The number of carbonyl (C=O) groups excluding carboxylic acids is 3. The van der Waals surface area contributed by atoms with Crippen LogP contribution in [0.4, 0.5) is 0 Å². The minimum Gasteiger partial charge on any atom is -0.458 e. The van der Waals surface area contributed by atoms with Gasteiger partial charge in [-0.15, -0.1) is 0 Å². The van der Waals surface area contributed by atoms with Gasteiger partial charge in [0, 0.05) is 31.1 Å². The van der Waals surface area contributed by atoms with Gasteiger partial charge in [0.1, 0.15) is 17.8 Å². The smallest absolute Gasteiger partial charge is 0.334 e. The molecule has 0 bridgehead atoms. The average molecular weight is 394 g/mol. The molecule has 1 N–H and O–H groups in total. The van der Waals surface area contributed by atoms with Crippen molar-refractivity contribution < 1.29 is 33.7 Å². The van der Waals surface area contributed by atoms with Crippen LogP contribution in [0, 0.1) is 11.8 Å². The van der Waals surface area contributed by atoms with E-state index in [1.807, 2.05) is 6.92 Å². The monoisotopic (exact) mass is 394 g/mol. The molecule has 1 heterocycles. The molecule has 7 heteroatoms. The molecule has 156 valence electrons. The van der Waals surface area contributed by atoms with Crippen LogP contribution in [0.25, 0.3) is 0 Å². The average Bonchev–Trinajstić information content (AvgIpc) is 2.90. The SMILES string of the molecule is C=C1C(=O)OC2CC(C)C(OC)CC(=O)C(C)(O)CC(OC(=O)C(C)=CC)C12. The molecule has 1 aliphatic heterocycles. The van der Waals surface area contributed by atoms with Crippen molar-refractivity contribution in [1.82, 2.24) is 0 Å². The van der Waals surface area contributed by atoms with E-state index in [-0.39, 0.29) is 24.3 Å². The number of Topliss-reactive ketones (excluding diaryl/α,β-unsaturated/α-hetero) is 1. The third-order valence-electron chi connectivity index (χ3n) is 5.86. The number of esters is 2. The van der Waals surface area contributed by atoms with Gasteiger partial charge in [0.2, 0.25) is 0 Å². The number of ether oxygens (including phenoxy) is 3. The predicted octanol–water partition coefficient (Wildman–Crippen LogP) is 2.12. The quantitative estimate of drug-likeness (QED) is 0.578. The van der Waals surface area contributed by atoms with Crippen molar-refractivity contribution in [3.05, 3.63) is 23.8 Å². The Hall–Kier alpha value is -1.99. The Labute approximate surface area is 165 Å². The van der Waals surface area contributed by atoms with Crippen molar-refractivity contribution in [2.24, 2.45) is 11.8 Å². The third-order valence-corrected chi connectivity index (χ3v) is 5.86. The maximum atomic E-state index is 12.7. The van der Waals surface area contributed by atoms with Crippen LogP contribution in [-0.4, -0.2) is 53.9 Å². The topological polar surface area (TPSA) is 99.1 Å². The number of fused-ring (bicyclic) bond motifs is 1. The van der Waals surface area contributed by atoms with Gasteiger partial charge in [-0.25, -0.2) is 9.59 Å². The summed E-state index contributed by atoms with van der Waals surface area (Å²) < 4.78 is 16.6. The van der Waals surface area contributed by atoms with Crippen molar-refractivity contribution in [3.63, 3.8) is 0 Å². The highest BCUT2D eigenvalue weighted by Gasteiger charge is 2.50. The van der Waals surface area contributed by atoms with E-state index in [1.54, 1.807) is 19.9 Å². The molecule has 0 radical (unpaired) electrons. The first kappa shape index (κ1) is 22.3. The summed E-state index contributed by atoms with van der Waals surface area (Å²) in [4.78, 5) is 37.3. The van der Waals surface area contributed by atoms with Gasteiger partial charge in [0.15, 0.2) is 5.78 Å². The summed E-state index contributed by atoms with van der Waals surface area (Å²) in [6.07, 6.45) is -0.00461. The molecule has 1 saturated heterocycles. The van der Waals surface area contributed by atoms with E-state index < -0.39 is 47.6 Å².